The minimum atomic E-state index is -5.61. The number of rotatable bonds is 8. The predicted octanol–water partition coefficient (Wildman–Crippen LogP) is -2.19. The minimum Gasteiger partial charge on any atom is -0.744 e. The molecule has 0 bridgehead atoms. The van der Waals surface area contributed by atoms with Crippen molar-refractivity contribution in [2.75, 3.05) is 0 Å². The summed E-state index contributed by atoms with van der Waals surface area (Å²) in [5, 5.41) is 32.4. The number of phenolic OH excluding ortho intramolecular Hbond substituents is 2. The zero-order valence-electron chi connectivity index (χ0n) is 23.8. The first-order chi connectivity index (χ1) is 21.0. The van der Waals surface area contributed by atoms with Gasteiger partial charge in [0.05, 0.1) is 25.8 Å². The molecule has 48 heavy (non-hydrogen) atoms. The quantitative estimate of drug-likeness (QED) is 0.0478. The van der Waals surface area contributed by atoms with Crippen LogP contribution in [0.4, 0.5) is 22.7 Å². The average molecular weight is 801 g/mol. The molecule has 4 aromatic carbocycles. The van der Waals surface area contributed by atoms with Crippen molar-refractivity contribution in [1.82, 2.24) is 0 Å². The van der Waals surface area contributed by atoms with E-state index in [1.807, 2.05) is 0 Å². The molecule has 244 valence electrons. The second-order valence-electron chi connectivity index (χ2n) is 8.90. The van der Waals surface area contributed by atoms with E-state index in [9.17, 15) is 64.9 Å². The standard InChI is InChI=1S/C22H16Cl2N4O14P2S2.2Na/c23-10-1-3-12(14(7-10)43(31,32)33)25-27-19-16(45(37,38)39)5-9-6-17(46(40,41)42)20(22(30)18(9)21(19)29)28-26-13-4-2-11(24)8-15(13)44(34,35)36;;/h1-8,29-30H,(H2,31,32,33)(H2,34,35,36)(H,37,38,39)(H,40,41,42);;/q;2*+1/p-2/b27-25+,28-26+;;. The van der Waals surface area contributed by atoms with E-state index >= 15 is 0 Å². The van der Waals surface area contributed by atoms with Crippen LogP contribution in [0.1, 0.15) is 0 Å². The van der Waals surface area contributed by atoms with E-state index < -0.39 is 101 Å². The molecule has 0 heterocycles. The van der Waals surface area contributed by atoms with Crippen LogP contribution in [0.15, 0.2) is 78.8 Å². The smallest absolute Gasteiger partial charge is 0.744 e. The first-order valence-corrected chi connectivity index (χ1v) is 18.3. The van der Waals surface area contributed by atoms with Crippen molar-refractivity contribution in [3.8, 4) is 11.5 Å². The van der Waals surface area contributed by atoms with Crippen LogP contribution in [-0.2, 0) is 29.4 Å². The van der Waals surface area contributed by atoms with Gasteiger partial charge in [-0.05, 0) is 53.9 Å². The van der Waals surface area contributed by atoms with Crippen LogP contribution >= 0.6 is 38.4 Å². The summed E-state index contributed by atoms with van der Waals surface area (Å²) in [6, 6.07) is 6.60. The van der Waals surface area contributed by atoms with Gasteiger partial charge in [0.1, 0.15) is 43.0 Å². The van der Waals surface area contributed by atoms with E-state index in [-0.39, 0.29) is 69.2 Å². The Morgan fingerprint density at radius 1 is 0.604 bits per heavy atom. The van der Waals surface area contributed by atoms with E-state index in [1.165, 1.54) is 0 Å². The molecular formula is C22H14Cl2N4Na2O14P2S2. The van der Waals surface area contributed by atoms with Gasteiger partial charge in [-0.2, -0.15) is 0 Å². The molecule has 0 saturated heterocycles. The molecule has 0 radical (unpaired) electrons. The number of nitrogens with zero attached hydrogens (tertiary/aromatic N) is 4. The Bertz CT molecular complexity index is 2180. The summed E-state index contributed by atoms with van der Waals surface area (Å²) in [5.74, 6) is -2.73. The Morgan fingerprint density at radius 2 is 0.938 bits per heavy atom. The number of benzene rings is 4. The van der Waals surface area contributed by atoms with Crippen molar-refractivity contribution in [2.45, 2.75) is 9.79 Å². The van der Waals surface area contributed by atoms with Crippen LogP contribution in [0.25, 0.3) is 10.8 Å². The summed E-state index contributed by atoms with van der Waals surface area (Å²) in [6.45, 7) is 0. The van der Waals surface area contributed by atoms with Crippen LogP contribution in [0, 0.1) is 0 Å². The monoisotopic (exact) mass is 800 g/mol. The van der Waals surface area contributed by atoms with Crippen molar-refractivity contribution in [1.29, 1.82) is 0 Å². The van der Waals surface area contributed by atoms with Crippen molar-refractivity contribution >= 4 is 103 Å². The van der Waals surface area contributed by atoms with Gasteiger partial charge in [0, 0.05) is 10.0 Å². The molecule has 26 heteroatoms. The Morgan fingerprint density at radius 3 is 1.23 bits per heavy atom. The number of phenols is 2. The molecule has 6 N–H and O–H groups in total. The van der Waals surface area contributed by atoms with Crippen LogP contribution in [0.5, 0.6) is 11.5 Å². The van der Waals surface area contributed by atoms with Gasteiger partial charge in [0.2, 0.25) is 0 Å². The molecule has 0 fully saturated rings. The summed E-state index contributed by atoms with van der Waals surface area (Å²) in [6.07, 6.45) is 0. The summed E-state index contributed by atoms with van der Waals surface area (Å²) in [7, 11) is -21.4. The first-order valence-electron chi connectivity index (χ1n) is 11.5. The molecule has 0 aliphatic heterocycles. The van der Waals surface area contributed by atoms with Crippen molar-refractivity contribution < 1.29 is 124 Å². The maximum atomic E-state index is 12.1. The Hall–Kier alpha value is -1.36. The van der Waals surface area contributed by atoms with Crippen LogP contribution in [0.2, 0.25) is 10.0 Å². The molecule has 4 rings (SSSR count). The molecule has 4 aromatic rings. The first kappa shape index (κ1) is 42.8. The molecular weight excluding hydrogens is 787 g/mol. The number of azo groups is 2. The summed E-state index contributed by atoms with van der Waals surface area (Å²) < 4.78 is 96.4. The van der Waals surface area contributed by atoms with Crippen LogP contribution < -0.4 is 69.7 Å². The van der Waals surface area contributed by atoms with Gasteiger partial charge >= 0.3 is 74.3 Å². The second-order valence-corrected chi connectivity index (χ2v) is 15.6. The van der Waals surface area contributed by atoms with Crippen molar-refractivity contribution in [3.05, 3.63) is 58.6 Å². The third-order valence-corrected chi connectivity index (χ3v) is 9.95. The third kappa shape index (κ3) is 9.49. The van der Waals surface area contributed by atoms with Gasteiger partial charge in [-0.1, -0.05) is 23.2 Å². The number of hydrogen-bond acceptors (Lipinski definition) is 14. The van der Waals surface area contributed by atoms with Gasteiger partial charge < -0.3 is 38.9 Å². The largest absolute Gasteiger partial charge is 1.00 e. The van der Waals surface area contributed by atoms with E-state index in [0.717, 1.165) is 36.4 Å². The fourth-order valence-electron chi connectivity index (χ4n) is 3.87. The molecule has 0 unspecified atom stereocenters. The third-order valence-electron chi connectivity index (χ3n) is 5.81. The van der Waals surface area contributed by atoms with E-state index in [2.05, 4.69) is 20.5 Å². The van der Waals surface area contributed by atoms with Crippen LogP contribution in [0.3, 0.4) is 0 Å². The van der Waals surface area contributed by atoms with Gasteiger partial charge in [-0.3, -0.25) is 9.13 Å². The molecule has 18 nitrogen and oxygen atoms in total. The van der Waals surface area contributed by atoms with Crippen LogP contribution in [-0.4, -0.2) is 55.7 Å². The maximum absolute atomic E-state index is 12.1. The molecule has 0 atom stereocenters. The Balaban J connectivity index is 0.00000400. The van der Waals surface area contributed by atoms with E-state index in [4.69, 9.17) is 23.2 Å². The fourth-order valence-corrected chi connectivity index (χ4v) is 7.11. The average Bonchev–Trinajstić information content (AvgIpc) is 2.90. The van der Waals surface area contributed by atoms with Crippen molar-refractivity contribution in [3.63, 3.8) is 0 Å². The van der Waals surface area contributed by atoms with Gasteiger partial charge in [0.25, 0.3) is 0 Å². The zero-order valence-corrected chi connectivity index (χ0v) is 32.8. The number of fused-ring (bicyclic) bond motifs is 1. The summed E-state index contributed by atoms with van der Waals surface area (Å²) >= 11 is 11.5. The topological polar surface area (TPSA) is 319 Å². The van der Waals surface area contributed by atoms with E-state index in [0.29, 0.717) is 12.1 Å². The Labute approximate surface area is 324 Å². The predicted molar refractivity (Wildman–Crippen MR) is 158 cm³/mol. The van der Waals surface area contributed by atoms with Gasteiger partial charge in [-0.25, -0.2) is 16.8 Å². The van der Waals surface area contributed by atoms with Gasteiger partial charge in [0.15, 0.2) is 11.5 Å². The normalized spacial score (nSPS) is 12.8. The minimum absolute atomic E-state index is 0. The number of aromatic hydroxyl groups is 2. The van der Waals surface area contributed by atoms with Crippen molar-refractivity contribution in [2.24, 2.45) is 20.5 Å². The van der Waals surface area contributed by atoms with E-state index in [1.54, 1.807) is 0 Å². The summed E-state index contributed by atoms with van der Waals surface area (Å²) in [4.78, 5) is 35.7. The maximum Gasteiger partial charge on any atom is 1.00 e. The van der Waals surface area contributed by atoms with Gasteiger partial charge in [-0.15, -0.1) is 20.5 Å². The molecule has 0 aliphatic rings. The number of halogens is 2. The second kappa shape index (κ2) is 15.5. The SMILES string of the molecule is O=P(O)(O)c1cc(Cl)ccc1/N=N/c1c(S(=O)(=O)[O-])cc2cc(S(=O)(=O)[O-])c(/N=N/c3ccc(Cl)cc3P(=O)(O)O)c(O)c2c1O.[Na+].[Na+]. The summed E-state index contributed by atoms with van der Waals surface area (Å²) in [5.41, 5.74) is -3.60. The number of hydrogen-bond donors (Lipinski definition) is 6. The molecule has 0 aromatic heterocycles. The zero-order chi connectivity index (χ0) is 34.6. The molecule has 0 amide bonds. The Kier molecular flexibility index (Phi) is 13.8. The molecule has 0 aliphatic carbocycles. The fraction of sp³-hybridized carbons (Fsp3) is 0. The molecule has 0 saturated carbocycles. The molecule has 0 spiro atoms.